The molecule has 0 atom stereocenters. The number of hydrogen-bond donors (Lipinski definition) is 2. The van der Waals surface area contributed by atoms with Crippen molar-refractivity contribution in [2.45, 2.75) is 12.8 Å². The summed E-state index contributed by atoms with van der Waals surface area (Å²) in [5, 5.41) is 0. The Morgan fingerprint density at radius 1 is 1.38 bits per heavy atom. The third-order valence-corrected chi connectivity index (χ3v) is 3.80. The maximum Gasteiger partial charge on any atom is 0.195 e. The summed E-state index contributed by atoms with van der Waals surface area (Å²) in [5.74, 6) is 1.76. The van der Waals surface area contributed by atoms with Crippen molar-refractivity contribution in [2.24, 2.45) is 0 Å². The van der Waals surface area contributed by atoms with Crippen LogP contribution in [0.5, 0.6) is 0 Å². The largest absolute Gasteiger partial charge is 0.339 e. The van der Waals surface area contributed by atoms with Gasteiger partial charge in [0.15, 0.2) is 7.98 Å². The Labute approximate surface area is 52.8 Å². The Hall–Kier alpha value is 0.335. The molecule has 0 saturated carbocycles. The first-order valence-corrected chi connectivity index (χ1v) is 4.68. The lowest BCUT2D eigenvalue weighted by molar-refractivity contribution is 0.628. The highest BCUT2D eigenvalue weighted by Crippen LogP contribution is 2.44. The van der Waals surface area contributed by atoms with Crippen molar-refractivity contribution >= 4 is 18.5 Å². The minimum absolute atomic E-state index is 0.878. The van der Waals surface area contributed by atoms with Crippen LogP contribution < -0.4 is 4.63 Å². The molecule has 0 unspecified atom stereocenters. The number of rotatable bonds is 1. The lowest BCUT2D eigenvalue weighted by Crippen LogP contribution is -2.18. The Morgan fingerprint density at radius 3 is 2.12 bits per heavy atom. The van der Waals surface area contributed by atoms with E-state index < -0.39 is 10.5 Å². The van der Waals surface area contributed by atoms with E-state index in [1.54, 1.807) is 0 Å². The second-order valence-electron chi connectivity index (χ2n) is 2.08. The molecular weight excluding hydrogens is 121 g/mol. The van der Waals surface area contributed by atoms with Crippen molar-refractivity contribution < 1.29 is 4.55 Å². The molecular formula is C4H10BNOS. The van der Waals surface area contributed by atoms with Crippen LogP contribution in [0, 0.1) is 0 Å². The topological polar surface area (TPSA) is 32.3 Å². The fourth-order valence-electron chi connectivity index (χ4n) is 0.902. The first-order chi connectivity index (χ1) is 3.77. The van der Waals surface area contributed by atoms with E-state index in [0.717, 1.165) is 24.3 Å². The summed E-state index contributed by atoms with van der Waals surface area (Å²) in [6.07, 6.45) is 2.24. The first-order valence-electron chi connectivity index (χ1n) is 2.75. The minimum Gasteiger partial charge on any atom is -0.339 e. The number of nitrogens with one attached hydrogen (secondary N) is 1. The predicted molar refractivity (Wildman–Crippen MR) is 38.1 cm³/mol. The molecule has 0 spiro atoms. The van der Waals surface area contributed by atoms with E-state index in [-0.39, 0.29) is 0 Å². The molecule has 2 radical (unpaired) electrons. The molecule has 0 amide bonds. The molecule has 4 heteroatoms. The molecule has 0 aromatic carbocycles. The van der Waals surface area contributed by atoms with Crippen molar-refractivity contribution in [3.63, 3.8) is 0 Å². The molecule has 2 N–H and O–H groups in total. The molecule has 1 saturated heterocycles. The zero-order chi connectivity index (χ0) is 6.04. The molecule has 2 nitrogen and oxygen atoms in total. The van der Waals surface area contributed by atoms with Gasteiger partial charge in [0.25, 0.3) is 0 Å². The fourth-order valence-corrected chi connectivity index (χ4v) is 2.70. The third-order valence-electron chi connectivity index (χ3n) is 1.43. The zero-order valence-corrected chi connectivity index (χ0v) is 5.58. The lowest BCUT2D eigenvalue weighted by Gasteiger charge is -2.27. The molecule has 1 fully saturated rings. The van der Waals surface area contributed by atoms with E-state index in [1.165, 1.54) is 0 Å². The van der Waals surface area contributed by atoms with E-state index in [4.69, 9.17) is 7.98 Å². The zero-order valence-electron chi connectivity index (χ0n) is 4.76. The van der Waals surface area contributed by atoms with Crippen molar-refractivity contribution in [1.29, 1.82) is 0 Å². The molecule has 1 heterocycles. The summed E-state index contributed by atoms with van der Waals surface area (Å²) in [5.41, 5.74) is 0. The van der Waals surface area contributed by atoms with Gasteiger partial charge in [0, 0.05) is 11.5 Å². The van der Waals surface area contributed by atoms with Gasteiger partial charge in [-0.25, -0.2) is 0 Å². The van der Waals surface area contributed by atoms with Gasteiger partial charge in [-0.2, -0.15) is 0 Å². The van der Waals surface area contributed by atoms with Gasteiger partial charge in [0.1, 0.15) is 0 Å². The summed E-state index contributed by atoms with van der Waals surface area (Å²) in [6.45, 7) is 0. The van der Waals surface area contributed by atoms with Crippen LogP contribution in [-0.2, 0) is 0 Å². The van der Waals surface area contributed by atoms with Gasteiger partial charge < -0.3 is 9.19 Å². The second kappa shape index (κ2) is 2.29. The Balaban J connectivity index is 2.40. The van der Waals surface area contributed by atoms with Gasteiger partial charge in [-0.15, -0.1) is 0 Å². The van der Waals surface area contributed by atoms with Crippen molar-refractivity contribution in [3.05, 3.63) is 0 Å². The number of hydrogen-bond acceptors (Lipinski definition) is 2. The Kier molecular flexibility index (Phi) is 1.85. The highest BCUT2D eigenvalue weighted by Gasteiger charge is 2.22. The quantitative estimate of drug-likeness (QED) is 0.512. The predicted octanol–water partition coefficient (Wildman–Crippen LogP) is 0.646. The molecule has 1 rings (SSSR count). The molecule has 0 aromatic heterocycles. The molecule has 1 aliphatic heterocycles. The minimum atomic E-state index is -1.51. The summed E-state index contributed by atoms with van der Waals surface area (Å²) in [7, 11) is 3.59. The SMILES string of the molecule is [B]NS1(O)CCCC1. The van der Waals surface area contributed by atoms with Crippen LogP contribution in [0.3, 0.4) is 0 Å². The van der Waals surface area contributed by atoms with Crippen LogP contribution >= 0.6 is 10.5 Å². The van der Waals surface area contributed by atoms with Gasteiger partial charge in [-0.3, -0.25) is 0 Å². The second-order valence-corrected chi connectivity index (χ2v) is 4.81. The normalized spacial score (nSPS) is 30.1. The molecule has 0 aliphatic carbocycles. The molecule has 1 aliphatic rings. The van der Waals surface area contributed by atoms with Crippen molar-refractivity contribution in [3.8, 4) is 0 Å². The van der Waals surface area contributed by atoms with E-state index in [9.17, 15) is 4.55 Å². The van der Waals surface area contributed by atoms with E-state index >= 15 is 0 Å². The maximum absolute atomic E-state index is 9.35. The fraction of sp³-hybridized carbons (Fsp3) is 1.00. The first kappa shape index (κ1) is 6.45. The van der Waals surface area contributed by atoms with E-state index in [0.29, 0.717) is 0 Å². The van der Waals surface area contributed by atoms with Gasteiger partial charge in [0.05, 0.1) is 0 Å². The molecule has 8 heavy (non-hydrogen) atoms. The maximum atomic E-state index is 9.35. The van der Waals surface area contributed by atoms with Crippen LogP contribution in [0.25, 0.3) is 0 Å². The molecule has 0 bridgehead atoms. The van der Waals surface area contributed by atoms with Crippen LogP contribution in [0.4, 0.5) is 0 Å². The summed E-state index contributed by atoms with van der Waals surface area (Å²) >= 11 is 0. The van der Waals surface area contributed by atoms with Gasteiger partial charge >= 0.3 is 0 Å². The monoisotopic (exact) mass is 131 g/mol. The third kappa shape index (κ3) is 1.19. The lowest BCUT2D eigenvalue weighted by atomic mass is 10.4. The average molecular weight is 131 g/mol. The highest BCUT2D eigenvalue weighted by molar-refractivity contribution is 8.28. The van der Waals surface area contributed by atoms with Crippen molar-refractivity contribution in [2.75, 3.05) is 11.5 Å². The Bertz CT molecular complexity index is 84.1. The highest BCUT2D eigenvalue weighted by atomic mass is 32.3. The van der Waals surface area contributed by atoms with E-state index in [1.807, 2.05) is 0 Å². The molecule has 46 valence electrons. The summed E-state index contributed by atoms with van der Waals surface area (Å²) < 4.78 is 11.8. The van der Waals surface area contributed by atoms with Crippen LogP contribution in [-0.4, -0.2) is 24.0 Å². The van der Waals surface area contributed by atoms with E-state index in [2.05, 4.69) is 4.63 Å². The smallest absolute Gasteiger partial charge is 0.195 e. The van der Waals surface area contributed by atoms with Crippen LogP contribution in [0.1, 0.15) is 12.8 Å². The van der Waals surface area contributed by atoms with Crippen molar-refractivity contribution in [1.82, 2.24) is 4.63 Å². The van der Waals surface area contributed by atoms with Gasteiger partial charge in [-0.1, -0.05) is 10.5 Å². The summed E-state index contributed by atoms with van der Waals surface area (Å²) in [6, 6.07) is 0. The van der Waals surface area contributed by atoms with Gasteiger partial charge in [-0.05, 0) is 12.8 Å². The van der Waals surface area contributed by atoms with Gasteiger partial charge in [0.2, 0.25) is 0 Å². The molecule has 0 aromatic rings. The van der Waals surface area contributed by atoms with Crippen LogP contribution in [0.2, 0.25) is 0 Å². The standard InChI is InChI=1S/C4H10BNOS/c5-6-8(7)3-1-2-4-8/h6-7H,1-4H2. The van der Waals surface area contributed by atoms with Crippen LogP contribution in [0.15, 0.2) is 0 Å². The summed E-state index contributed by atoms with van der Waals surface area (Å²) in [4.78, 5) is 0. The average Bonchev–Trinajstić information content (AvgIpc) is 2.17. The Morgan fingerprint density at radius 2 is 1.88 bits per heavy atom.